The zero-order valence-electron chi connectivity index (χ0n) is 16.4. The number of ether oxygens (including phenoxy) is 4. The molecule has 0 bridgehead atoms. The van der Waals surface area contributed by atoms with Gasteiger partial charge >= 0.3 is 6.16 Å². The van der Waals surface area contributed by atoms with E-state index in [0.717, 1.165) is 12.2 Å². The fourth-order valence-electron chi connectivity index (χ4n) is 3.14. The summed E-state index contributed by atoms with van der Waals surface area (Å²) >= 11 is 0. The van der Waals surface area contributed by atoms with E-state index in [2.05, 4.69) is 0 Å². The minimum absolute atomic E-state index is 0.0846. The summed E-state index contributed by atoms with van der Waals surface area (Å²) in [6, 6.07) is 12.8. The molecule has 32 heavy (non-hydrogen) atoms. The second-order valence-electron chi connectivity index (χ2n) is 6.56. The lowest BCUT2D eigenvalue weighted by Gasteiger charge is -2.17. The molecular weight excluding hydrogens is 420 g/mol. The van der Waals surface area contributed by atoms with Gasteiger partial charge in [0.1, 0.15) is 11.5 Å². The van der Waals surface area contributed by atoms with Gasteiger partial charge in [-0.15, -0.1) is 0 Å². The van der Waals surface area contributed by atoms with Gasteiger partial charge in [-0.2, -0.15) is 0 Å². The summed E-state index contributed by atoms with van der Waals surface area (Å²) in [6.07, 6.45) is 0.908. The van der Waals surface area contributed by atoms with Gasteiger partial charge in [0.05, 0.1) is 0 Å². The number of ketones is 4. The number of rotatable bonds is 6. The Morgan fingerprint density at radius 3 is 1.38 bits per heavy atom. The molecule has 0 fully saturated rings. The highest BCUT2D eigenvalue weighted by Gasteiger charge is 2.27. The van der Waals surface area contributed by atoms with E-state index in [9.17, 15) is 24.0 Å². The largest absolute Gasteiger partial charge is 0.514 e. The molecule has 0 N–H and O–H groups in total. The molecule has 2 aliphatic rings. The predicted octanol–water partition coefficient (Wildman–Crippen LogP) is 2.70. The lowest BCUT2D eigenvalue weighted by Crippen LogP contribution is -2.21. The van der Waals surface area contributed by atoms with Crippen LogP contribution in [0.3, 0.4) is 0 Å². The Balaban J connectivity index is 1.29. The number of hydrogen-bond acceptors (Lipinski definition) is 9. The number of fused-ring (bicyclic) bond motifs is 2. The summed E-state index contributed by atoms with van der Waals surface area (Å²) in [5, 5.41) is 0. The van der Waals surface area contributed by atoms with Crippen molar-refractivity contribution in [1.82, 2.24) is 0 Å². The van der Waals surface area contributed by atoms with E-state index in [1.54, 1.807) is 36.4 Å². The van der Waals surface area contributed by atoms with Gasteiger partial charge in [-0.3, -0.25) is 19.2 Å². The highest BCUT2D eigenvalue weighted by Crippen LogP contribution is 2.27. The van der Waals surface area contributed by atoms with E-state index in [0.29, 0.717) is 11.1 Å². The van der Waals surface area contributed by atoms with E-state index < -0.39 is 42.9 Å². The summed E-state index contributed by atoms with van der Waals surface area (Å²) in [6.45, 7) is -1.17. The smallest absolute Gasteiger partial charge is 0.456 e. The third-order valence-corrected chi connectivity index (χ3v) is 4.63. The van der Waals surface area contributed by atoms with Crippen molar-refractivity contribution in [3.05, 3.63) is 82.9 Å². The van der Waals surface area contributed by atoms with Crippen molar-refractivity contribution in [3.63, 3.8) is 0 Å². The molecule has 0 unspecified atom stereocenters. The molecule has 0 saturated carbocycles. The topological polar surface area (TPSA) is 122 Å². The van der Waals surface area contributed by atoms with Gasteiger partial charge in [-0.25, -0.2) is 4.79 Å². The molecule has 2 aromatic rings. The SMILES string of the molecule is O=C(OCOC1=CC(=O)C(=O)c2ccccc21)OCOC1=CC(=O)C(=O)c2ccccc21. The van der Waals surface area contributed by atoms with Crippen LogP contribution in [0.2, 0.25) is 0 Å². The van der Waals surface area contributed by atoms with Crippen LogP contribution in [0.25, 0.3) is 11.5 Å². The Bertz CT molecular complexity index is 1130. The lowest BCUT2D eigenvalue weighted by molar-refractivity contribution is -0.111. The molecule has 0 radical (unpaired) electrons. The average Bonchev–Trinajstić information content (AvgIpc) is 2.80. The normalized spacial score (nSPS) is 14.6. The minimum atomic E-state index is -1.14. The van der Waals surface area contributed by atoms with Crippen molar-refractivity contribution in [2.24, 2.45) is 0 Å². The molecule has 9 heteroatoms. The van der Waals surface area contributed by atoms with Crippen LogP contribution in [0.5, 0.6) is 0 Å². The van der Waals surface area contributed by atoms with Crippen LogP contribution in [0.1, 0.15) is 31.8 Å². The number of benzene rings is 2. The third kappa shape index (κ3) is 4.04. The average molecular weight is 434 g/mol. The Hall–Kier alpha value is -4.53. The number of carbonyl (C=O) groups is 5. The first-order chi connectivity index (χ1) is 15.5. The second-order valence-corrected chi connectivity index (χ2v) is 6.56. The monoisotopic (exact) mass is 434 g/mol. The maximum atomic E-state index is 11.9. The first-order valence-electron chi connectivity index (χ1n) is 9.30. The van der Waals surface area contributed by atoms with Gasteiger partial charge in [-0.1, -0.05) is 48.5 Å². The summed E-state index contributed by atoms with van der Waals surface area (Å²) in [5.74, 6) is -2.62. The first-order valence-corrected chi connectivity index (χ1v) is 9.30. The van der Waals surface area contributed by atoms with E-state index in [-0.39, 0.29) is 22.6 Å². The Morgan fingerprint density at radius 2 is 0.969 bits per heavy atom. The summed E-state index contributed by atoms with van der Waals surface area (Å²) in [7, 11) is 0. The van der Waals surface area contributed by atoms with Crippen molar-refractivity contribution in [2.45, 2.75) is 0 Å². The van der Waals surface area contributed by atoms with Gasteiger partial charge in [0.15, 0.2) is 0 Å². The number of allylic oxidation sites excluding steroid dienone is 2. The molecule has 0 aromatic heterocycles. The van der Waals surface area contributed by atoms with Crippen LogP contribution >= 0.6 is 0 Å². The first kappa shape index (κ1) is 20.7. The van der Waals surface area contributed by atoms with Crippen LogP contribution in [-0.4, -0.2) is 42.9 Å². The third-order valence-electron chi connectivity index (χ3n) is 4.63. The van der Waals surface area contributed by atoms with E-state index in [4.69, 9.17) is 18.9 Å². The molecule has 0 saturated heterocycles. The molecule has 2 aromatic carbocycles. The number of hydrogen-bond donors (Lipinski definition) is 0. The molecular formula is C23H14O9. The van der Waals surface area contributed by atoms with E-state index >= 15 is 0 Å². The van der Waals surface area contributed by atoms with Crippen molar-refractivity contribution in [1.29, 1.82) is 0 Å². The van der Waals surface area contributed by atoms with Gasteiger partial charge in [0.2, 0.25) is 36.7 Å². The standard InChI is InChI=1S/C23H14O9/c24-17-9-19(13-5-1-3-7-15(13)21(17)26)29-11-31-23(28)32-12-30-20-10-18(25)22(27)16-8-4-2-6-14(16)20/h1-10H,11-12H2. The summed E-state index contributed by atoms with van der Waals surface area (Å²) in [5.41, 5.74) is 1.19. The highest BCUT2D eigenvalue weighted by molar-refractivity contribution is 6.51. The zero-order valence-corrected chi connectivity index (χ0v) is 16.4. The molecule has 0 amide bonds. The zero-order chi connectivity index (χ0) is 22.7. The molecule has 0 atom stereocenters. The minimum Gasteiger partial charge on any atom is -0.456 e. The lowest BCUT2D eigenvalue weighted by atomic mass is 9.94. The van der Waals surface area contributed by atoms with Crippen molar-refractivity contribution in [2.75, 3.05) is 13.6 Å². The van der Waals surface area contributed by atoms with Crippen molar-refractivity contribution >= 4 is 40.8 Å². The van der Waals surface area contributed by atoms with Crippen LogP contribution < -0.4 is 0 Å². The van der Waals surface area contributed by atoms with Crippen LogP contribution in [-0.2, 0) is 28.5 Å². The maximum absolute atomic E-state index is 11.9. The van der Waals surface area contributed by atoms with Crippen molar-refractivity contribution < 1.29 is 42.9 Å². The molecule has 2 aliphatic carbocycles. The molecule has 9 nitrogen and oxygen atoms in total. The molecule has 0 aliphatic heterocycles. The Morgan fingerprint density at radius 1 is 0.594 bits per heavy atom. The maximum Gasteiger partial charge on any atom is 0.514 e. The fourth-order valence-corrected chi connectivity index (χ4v) is 3.14. The van der Waals surface area contributed by atoms with Crippen LogP contribution in [0.4, 0.5) is 4.79 Å². The predicted molar refractivity (Wildman–Crippen MR) is 107 cm³/mol. The number of carbonyl (C=O) groups excluding carboxylic acids is 5. The molecule has 160 valence electrons. The molecule has 4 rings (SSSR count). The quantitative estimate of drug-likeness (QED) is 0.384. The summed E-state index contributed by atoms with van der Waals surface area (Å²) in [4.78, 5) is 59.1. The van der Waals surface area contributed by atoms with Gasteiger partial charge in [0.25, 0.3) is 0 Å². The Kier molecular flexibility index (Phi) is 5.63. The van der Waals surface area contributed by atoms with Crippen molar-refractivity contribution in [3.8, 4) is 0 Å². The number of Topliss-reactive ketones (excluding diaryl/α,β-unsaturated/α-hetero) is 2. The van der Waals surface area contributed by atoms with E-state index in [1.807, 2.05) is 0 Å². The highest BCUT2D eigenvalue weighted by atomic mass is 16.8. The van der Waals surface area contributed by atoms with Gasteiger partial charge in [0, 0.05) is 34.4 Å². The second kappa shape index (κ2) is 8.68. The van der Waals surface area contributed by atoms with Crippen LogP contribution in [0.15, 0.2) is 60.7 Å². The summed E-state index contributed by atoms with van der Waals surface area (Å²) < 4.78 is 20.2. The fraction of sp³-hybridized carbons (Fsp3) is 0.0870. The van der Waals surface area contributed by atoms with E-state index in [1.165, 1.54) is 12.1 Å². The van der Waals surface area contributed by atoms with Gasteiger partial charge in [-0.05, 0) is 0 Å². The molecule has 0 heterocycles. The van der Waals surface area contributed by atoms with Gasteiger partial charge < -0.3 is 18.9 Å². The van der Waals surface area contributed by atoms with Crippen LogP contribution in [0, 0.1) is 0 Å². The molecule has 0 spiro atoms. The Labute approximate surface area is 180 Å².